The van der Waals surface area contributed by atoms with Crippen LogP contribution in [0.25, 0.3) is 10.8 Å². The number of fused-ring (bicyclic) bond motifs is 1. The number of carboxylic acid groups (broad SMARTS) is 3. The number of carbonyl (C=O) groups excluding carboxylic acids is 7. The average Bonchev–Trinajstić information content (AvgIpc) is 3.91. The zero-order chi connectivity index (χ0) is 59.8. The minimum absolute atomic E-state index is 0.00306. The number of carboxylic acids is 3. The predicted octanol–water partition coefficient (Wildman–Crippen LogP) is 0.604. The van der Waals surface area contributed by atoms with Crippen LogP contribution < -0.4 is 42.0 Å². The van der Waals surface area contributed by atoms with Gasteiger partial charge in [0.15, 0.2) is 0 Å². The largest absolute Gasteiger partial charge is 0.493 e. The lowest BCUT2D eigenvalue weighted by Crippen LogP contribution is -2.52. The lowest BCUT2D eigenvalue weighted by atomic mass is 10.0. The highest BCUT2D eigenvalue weighted by molar-refractivity contribution is 5.93. The van der Waals surface area contributed by atoms with E-state index >= 15 is 0 Å². The quantitative estimate of drug-likeness (QED) is 0.0353. The van der Waals surface area contributed by atoms with Crippen LogP contribution in [0.3, 0.4) is 0 Å². The van der Waals surface area contributed by atoms with Gasteiger partial charge in [0.1, 0.15) is 29.9 Å². The summed E-state index contributed by atoms with van der Waals surface area (Å²) in [4.78, 5) is 127. The number of aliphatic carboxylic acids is 3. The Morgan fingerprint density at radius 1 is 0.646 bits per heavy atom. The molecule has 0 aliphatic carbocycles. The number of unbranched alkanes of at least 4 members (excludes halogenated alkanes) is 1. The van der Waals surface area contributed by atoms with Crippen molar-refractivity contribution in [1.29, 1.82) is 10.5 Å². The van der Waals surface area contributed by atoms with Gasteiger partial charge in [-0.15, -0.1) is 0 Å². The van der Waals surface area contributed by atoms with E-state index < -0.39 is 103 Å². The second-order valence-corrected chi connectivity index (χ2v) is 18.9. The number of nitrogens with zero attached hydrogens (tertiary/aromatic N) is 3. The zero-order valence-electron chi connectivity index (χ0n) is 45.4. The molecule has 1 aliphatic heterocycles. The van der Waals surface area contributed by atoms with Crippen LogP contribution in [0, 0.1) is 22.7 Å². The third kappa shape index (κ3) is 24.6. The third-order valence-corrected chi connectivity index (χ3v) is 12.5. The van der Waals surface area contributed by atoms with Crippen molar-refractivity contribution in [2.75, 3.05) is 72.4 Å². The highest BCUT2D eigenvalue weighted by Gasteiger charge is 2.40. The maximum absolute atomic E-state index is 13.9. The van der Waals surface area contributed by atoms with Crippen LogP contribution in [0.5, 0.6) is 5.75 Å². The van der Waals surface area contributed by atoms with Crippen molar-refractivity contribution < 1.29 is 82.2 Å². The Hall–Kier alpha value is -8.92. The van der Waals surface area contributed by atoms with Crippen LogP contribution in [0.15, 0.2) is 60.7 Å². The summed E-state index contributed by atoms with van der Waals surface area (Å²) >= 11 is 0. The average molecular weight is 1140 g/mol. The molecule has 1 fully saturated rings. The Kier molecular flexibility index (Phi) is 28.5. The Morgan fingerprint density at radius 3 is 1.94 bits per heavy atom. The molecule has 10 N–H and O–H groups in total. The summed E-state index contributed by atoms with van der Waals surface area (Å²) in [5.41, 5.74) is 1.11. The van der Waals surface area contributed by atoms with E-state index in [4.69, 9.17) is 24.1 Å². The number of hydrogen-bond acceptors (Lipinski definition) is 16. The van der Waals surface area contributed by atoms with Crippen molar-refractivity contribution in [1.82, 2.24) is 42.1 Å². The van der Waals surface area contributed by atoms with E-state index in [2.05, 4.69) is 37.2 Å². The maximum atomic E-state index is 13.9. The van der Waals surface area contributed by atoms with Crippen molar-refractivity contribution in [3.8, 4) is 17.9 Å². The first-order valence-corrected chi connectivity index (χ1v) is 26.6. The van der Waals surface area contributed by atoms with Crippen LogP contribution in [-0.4, -0.2) is 182 Å². The topological polar surface area (TPSA) is 403 Å². The molecular weight excluding hydrogens is 1070 g/mol. The molecule has 8 amide bonds. The summed E-state index contributed by atoms with van der Waals surface area (Å²) in [5.74, 6) is -7.06. The van der Waals surface area contributed by atoms with Gasteiger partial charge in [0.25, 0.3) is 0 Å². The van der Waals surface area contributed by atoms with Gasteiger partial charge in [-0.25, -0.2) is 14.4 Å². The van der Waals surface area contributed by atoms with Gasteiger partial charge in [0.2, 0.25) is 35.4 Å². The molecule has 3 aromatic carbocycles. The fourth-order valence-corrected chi connectivity index (χ4v) is 8.43. The lowest BCUT2D eigenvalue weighted by molar-refractivity contribution is -0.141. The number of carbonyl (C=O) groups is 10. The number of rotatable bonds is 37. The molecule has 4 rings (SSSR count). The highest BCUT2D eigenvalue weighted by atomic mass is 16.5. The van der Waals surface area contributed by atoms with E-state index in [0.29, 0.717) is 31.9 Å². The summed E-state index contributed by atoms with van der Waals surface area (Å²) < 4.78 is 22.1. The van der Waals surface area contributed by atoms with Gasteiger partial charge in [-0.05, 0) is 73.1 Å². The summed E-state index contributed by atoms with van der Waals surface area (Å²) in [6, 6.07) is 14.1. The Bertz CT molecular complexity index is 2750. The molecule has 1 aliphatic rings. The summed E-state index contributed by atoms with van der Waals surface area (Å²) in [6.07, 6.45) is -0.736. The highest BCUT2D eigenvalue weighted by Crippen LogP contribution is 2.22. The first kappa shape index (κ1) is 65.6. The van der Waals surface area contributed by atoms with Crippen LogP contribution in [0.2, 0.25) is 0 Å². The van der Waals surface area contributed by atoms with E-state index in [1.807, 2.05) is 48.5 Å². The van der Waals surface area contributed by atoms with E-state index in [1.165, 1.54) is 30.0 Å². The normalized spacial score (nSPS) is 14.6. The number of amides is 8. The molecule has 3 aromatic rings. The number of hydrogen-bond donors (Lipinski definition) is 10. The van der Waals surface area contributed by atoms with Gasteiger partial charge in [0.05, 0.1) is 76.1 Å². The van der Waals surface area contributed by atoms with E-state index in [9.17, 15) is 68.7 Å². The Morgan fingerprint density at radius 2 is 1.29 bits per heavy atom. The first-order valence-electron chi connectivity index (χ1n) is 26.6. The smallest absolute Gasteiger partial charge is 0.326 e. The monoisotopic (exact) mass is 1140 g/mol. The molecule has 0 radical (unpaired) electrons. The van der Waals surface area contributed by atoms with Crippen LogP contribution in [0.1, 0.15) is 81.4 Å². The van der Waals surface area contributed by atoms with Gasteiger partial charge in [-0.2, -0.15) is 10.5 Å². The predicted molar refractivity (Wildman–Crippen MR) is 289 cm³/mol. The minimum Gasteiger partial charge on any atom is -0.493 e. The molecule has 0 aromatic heterocycles. The molecule has 1 saturated heterocycles. The van der Waals surface area contributed by atoms with Crippen LogP contribution in [-0.2, 0) is 63.8 Å². The Labute approximate surface area is 472 Å². The van der Waals surface area contributed by atoms with Gasteiger partial charge in [-0.3, -0.25) is 33.6 Å². The fourth-order valence-electron chi connectivity index (χ4n) is 8.43. The van der Waals surface area contributed by atoms with Crippen molar-refractivity contribution in [3.05, 3.63) is 77.4 Å². The molecule has 442 valence electrons. The molecule has 27 heteroatoms. The van der Waals surface area contributed by atoms with Gasteiger partial charge < -0.3 is 76.4 Å². The van der Waals surface area contributed by atoms with Gasteiger partial charge in [0, 0.05) is 58.3 Å². The Balaban J connectivity index is 1.35. The zero-order valence-corrected chi connectivity index (χ0v) is 45.4. The van der Waals surface area contributed by atoms with E-state index in [1.54, 1.807) is 6.07 Å². The van der Waals surface area contributed by atoms with Crippen molar-refractivity contribution in [2.45, 2.75) is 101 Å². The number of likely N-dealkylation sites (tertiary alicyclic amines) is 1. The lowest BCUT2D eigenvalue weighted by Gasteiger charge is -2.24. The van der Waals surface area contributed by atoms with Crippen molar-refractivity contribution >= 4 is 70.2 Å². The molecule has 0 spiro atoms. The number of ether oxygens (including phenoxy) is 4. The van der Waals surface area contributed by atoms with Crippen molar-refractivity contribution in [2.24, 2.45) is 0 Å². The van der Waals surface area contributed by atoms with E-state index in [0.717, 1.165) is 10.8 Å². The SMILES string of the molecule is CC(=O)NCCOCCOCCOCCC(=O)N[C@@H]1C[C@@H](C(=O)NCC(=O)N[C@@H](Cc2ccc3ccccc3c2)C(=O)NCCCC[C@H](NC(=O)N[C@@H](CCC(=O)O)C(=O)O)C(=O)O)N(C(=O)CCCOc2cc(C#N)cc(C#N)c2)C1. The van der Waals surface area contributed by atoms with Crippen LogP contribution in [0.4, 0.5) is 4.79 Å². The standard InChI is InChI=1S/C55H70N10O17/c1-35(66)58-17-20-80-22-24-81-23-21-79-19-15-47(67)61-41-30-46(65(34-41)49(69)10-6-18-82-42-27-37(31-56)25-38(28-42)32-57)52(73)60-33-48(68)62-45(29-36-11-12-39-7-2-3-8-40(39)26-36)51(72)59-16-5-4-9-43(53(74)75)63-55(78)64-44(54(76)77)13-14-50(70)71/h2-3,7-8,11-12,25-28,41,43-46H,4-6,9-10,13-24,29-30,33-34H2,1H3,(H,58,66)(H,59,72)(H,60,73)(H,61,67)(H,62,68)(H,70,71)(H,74,75)(H,76,77)(H2,63,64,78)/t41-,43+,44+,45+,46+/m1/s1. The molecular formula is C55H70N10O17. The second kappa shape index (κ2) is 35.6. The number of nitriles is 2. The number of nitrogens with one attached hydrogen (secondary N) is 7. The number of benzene rings is 3. The van der Waals surface area contributed by atoms with Crippen LogP contribution >= 0.6 is 0 Å². The second-order valence-electron chi connectivity index (χ2n) is 18.9. The molecule has 82 heavy (non-hydrogen) atoms. The fraction of sp³-hybridized carbons (Fsp3) is 0.491. The molecule has 5 atom stereocenters. The molecule has 1 heterocycles. The maximum Gasteiger partial charge on any atom is 0.326 e. The minimum atomic E-state index is -1.58. The van der Waals surface area contributed by atoms with Gasteiger partial charge >= 0.3 is 23.9 Å². The summed E-state index contributed by atoms with van der Waals surface area (Å²) in [7, 11) is 0. The summed E-state index contributed by atoms with van der Waals surface area (Å²) in [6.45, 7) is 2.60. The number of urea groups is 1. The molecule has 0 bridgehead atoms. The third-order valence-electron chi connectivity index (χ3n) is 12.5. The molecule has 0 unspecified atom stereocenters. The molecule has 27 nitrogen and oxygen atoms in total. The molecule has 0 saturated carbocycles. The van der Waals surface area contributed by atoms with Gasteiger partial charge in [-0.1, -0.05) is 42.5 Å². The first-order chi connectivity index (χ1) is 39.3. The van der Waals surface area contributed by atoms with E-state index in [-0.39, 0.29) is 114 Å². The summed E-state index contributed by atoms with van der Waals surface area (Å²) in [5, 5.41) is 66.1. The van der Waals surface area contributed by atoms with Crippen molar-refractivity contribution in [3.63, 3.8) is 0 Å².